The number of rotatable bonds is 7. The van der Waals surface area contributed by atoms with E-state index in [2.05, 4.69) is 5.32 Å². The fourth-order valence-corrected chi connectivity index (χ4v) is 1.28. The highest BCUT2D eigenvalue weighted by molar-refractivity contribution is 5.87. The van der Waals surface area contributed by atoms with Gasteiger partial charge in [-0.3, -0.25) is 4.79 Å². The van der Waals surface area contributed by atoms with Gasteiger partial charge in [0.2, 0.25) is 5.91 Å². The van der Waals surface area contributed by atoms with Crippen molar-refractivity contribution in [2.24, 2.45) is 5.92 Å². The summed E-state index contributed by atoms with van der Waals surface area (Å²) >= 11 is 0. The van der Waals surface area contributed by atoms with Crippen LogP contribution in [0.25, 0.3) is 0 Å². The molecule has 0 aliphatic rings. The molecule has 110 valence electrons. The Morgan fingerprint density at radius 2 is 1.68 bits per heavy atom. The number of aliphatic carboxylic acids is 1. The van der Waals surface area contributed by atoms with Gasteiger partial charge in [0.05, 0.1) is 0 Å². The third-order valence-corrected chi connectivity index (χ3v) is 2.33. The standard InChI is InChI=1S/C12H21NO6/c1-6(2)5-9(13-10(15)7(3)14)12(18)19-8(4)11(16)17/h6-9,14H,5H2,1-4H3,(H,13,15)(H,16,17)/t7?,8?,9-/m0/s1. The van der Waals surface area contributed by atoms with E-state index in [-0.39, 0.29) is 5.92 Å². The highest BCUT2D eigenvalue weighted by atomic mass is 16.6. The quantitative estimate of drug-likeness (QED) is 0.560. The van der Waals surface area contributed by atoms with Gasteiger partial charge in [0.15, 0.2) is 6.10 Å². The second-order valence-corrected chi connectivity index (χ2v) is 4.78. The highest BCUT2D eigenvalue weighted by Gasteiger charge is 2.27. The molecule has 0 rings (SSSR count). The molecular formula is C12H21NO6. The van der Waals surface area contributed by atoms with Gasteiger partial charge in [0.25, 0.3) is 0 Å². The van der Waals surface area contributed by atoms with E-state index in [9.17, 15) is 14.4 Å². The number of nitrogens with one attached hydrogen (secondary N) is 1. The minimum Gasteiger partial charge on any atom is -0.479 e. The van der Waals surface area contributed by atoms with Crippen molar-refractivity contribution in [2.45, 2.75) is 52.4 Å². The van der Waals surface area contributed by atoms with Gasteiger partial charge in [-0.2, -0.15) is 0 Å². The zero-order valence-electron chi connectivity index (χ0n) is 11.5. The van der Waals surface area contributed by atoms with Gasteiger partial charge in [0, 0.05) is 0 Å². The van der Waals surface area contributed by atoms with Crippen LogP contribution in [0.5, 0.6) is 0 Å². The largest absolute Gasteiger partial charge is 0.479 e. The molecule has 0 fully saturated rings. The molecule has 0 aromatic rings. The third kappa shape index (κ3) is 6.76. The van der Waals surface area contributed by atoms with Crippen LogP contribution in [0, 0.1) is 5.92 Å². The van der Waals surface area contributed by atoms with Crippen LogP contribution >= 0.6 is 0 Å². The lowest BCUT2D eigenvalue weighted by atomic mass is 10.0. The van der Waals surface area contributed by atoms with Crippen LogP contribution in [0.1, 0.15) is 34.1 Å². The van der Waals surface area contributed by atoms with Crippen LogP contribution in [-0.2, 0) is 19.1 Å². The number of carbonyl (C=O) groups excluding carboxylic acids is 2. The van der Waals surface area contributed by atoms with Gasteiger partial charge in [-0.25, -0.2) is 9.59 Å². The van der Waals surface area contributed by atoms with E-state index >= 15 is 0 Å². The zero-order chi connectivity index (χ0) is 15.2. The fourth-order valence-electron chi connectivity index (χ4n) is 1.28. The number of aliphatic hydroxyl groups excluding tert-OH is 1. The van der Waals surface area contributed by atoms with Gasteiger partial charge in [-0.15, -0.1) is 0 Å². The second-order valence-electron chi connectivity index (χ2n) is 4.78. The molecule has 0 saturated carbocycles. The van der Waals surface area contributed by atoms with Crippen molar-refractivity contribution in [1.82, 2.24) is 5.32 Å². The maximum Gasteiger partial charge on any atom is 0.344 e. The van der Waals surface area contributed by atoms with Crippen LogP contribution in [0.4, 0.5) is 0 Å². The average Bonchev–Trinajstić information content (AvgIpc) is 2.26. The monoisotopic (exact) mass is 275 g/mol. The number of carboxylic acid groups (broad SMARTS) is 1. The molecule has 1 amide bonds. The van der Waals surface area contributed by atoms with Gasteiger partial charge in [0.1, 0.15) is 12.1 Å². The first kappa shape index (κ1) is 17.4. The number of hydrogen-bond acceptors (Lipinski definition) is 5. The average molecular weight is 275 g/mol. The van der Waals surface area contributed by atoms with Crippen molar-refractivity contribution in [1.29, 1.82) is 0 Å². The Bertz CT molecular complexity index is 339. The molecule has 19 heavy (non-hydrogen) atoms. The molecule has 0 spiro atoms. The molecule has 0 heterocycles. The van der Waals surface area contributed by atoms with Crippen molar-refractivity contribution in [3.8, 4) is 0 Å². The van der Waals surface area contributed by atoms with Gasteiger partial charge < -0.3 is 20.3 Å². The Kier molecular flexibility index (Phi) is 7.06. The van der Waals surface area contributed by atoms with Crippen LogP contribution in [-0.4, -0.2) is 46.3 Å². The molecule has 3 atom stereocenters. The van der Waals surface area contributed by atoms with Gasteiger partial charge >= 0.3 is 11.9 Å². The molecule has 2 unspecified atom stereocenters. The maximum absolute atomic E-state index is 11.8. The molecule has 0 radical (unpaired) electrons. The molecule has 0 aromatic heterocycles. The summed E-state index contributed by atoms with van der Waals surface area (Å²) in [4.78, 5) is 33.7. The summed E-state index contributed by atoms with van der Waals surface area (Å²) in [6.45, 7) is 6.18. The molecular weight excluding hydrogens is 254 g/mol. The Balaban J connectivity index is 4.69. The van der Waals surface area contributed by atoms with Crippen molar-refractivity contribution in [2.75, 3.05) is 0 Å². The summed E-state index contributed by atoms with van der Waals surface area (Å²) in [6, 6.07) is -0.969. The van der Waals surface area contributed by atoms with Gasteiger partial charge in [-0.05, 0) is 26.2 Å². The first-order valence-corrected chi connectivity index (χ1v) is 6.06. The van der Waals surface area contributed by atoms with E-state index in [1.54, 1.807) is 0 Å². The predicted molar refractivity (Wildman–Crippen MR) is 66.3 cm³/mol. The molecule has 3 N–H and O–H groups in total. The van der Waals surface area contributed by atoms with Crippen molar-refractivity contribution in [3.05, 3.63) is 0 Å². The smallest absolute Gasteiger partial charge is 0.344 e. The number of esters is 1. The van der Waals surface area contributed by atoms with Crippen molar-refractivity contribution in [3.63, 3.8) is 0 Å². The first-order valence-electron chi connectivity index (χ1n) is 6.06. The van der Waals surface area contributed by atoms with Crippen molar-refractivity contribution < 1.29 is 29.3 Å². The predicted octanol–water partition coefficient (Wildman–Crippen LogP) is -0.0856. The van der Waals surface area contributed by atoms with E-state index < -0.39 is 36.1 Å². The molecule has 7 nitrogen and oxygen atoms in total. The molecule has 7 heteroatoms. The summed E-state index contributed by atoms with van der Waals surface area (Å²) in [5, 5.41) is 20.1. The van der Waals surface area contributed by atoms with Crippen LogP contribution in [0.3, 0.4) is 0 Å². The Morgan fingerprint density at radius 3 is 2.05 bits per heavy atom. The van der Waals surface area contributed by atoms with Crippen molar-refractivity contribution >= 4 is 17.8 Å². The van der Waals surface area contributed by atoms with Gasteiger partial charge in [-0.1, -0.05) is 13.8 Å². The van der Waals surface area contributed by atoms with E-state index in [0.29, 0.717) is 6.42 Å². The highest BCUT2D eigenvalue weighted by Crippen LogP contribution is 2.08. The van der Waals surface area contributed by atoms with Crippen LogP contribution in [0.2, 0.25) is 0 Å². The Hall–Kier alpha value is -1.63. The summed E-state index contributed by atoms with van der Waals surface area (Å²) in [7, 11) is 0. The lowest BCUT2D eigenvalue weighted by molar-refractivity contribution is -0.165. The Morgan fingerprint density at radius 1 is 1.16 bits per heavy atom. The zero-order valence-corrected chi connectivity index (χ0v) is 11.5. The van der Waals surface area contributed by atoms with Crippen LogP contribution < -0.4 is 5.32 Å². The molecule has 0 aromatic carbocycles. The summed E-state index contributed by atoms with van der Waals surface area (Å²) in [6.07, 6.45) is -2.24. The number of carbonyl (C=O) groups is 3. The number of carboxylic acids is 1. The molecule has 0 bridgehead atoms. The number of aliphatic hydroxyl groups is 1. The lowest BCUT2D eigenvalue weighted by Crippen LogP contribution is -2.47. The molecule has 0 aliphatic heterocycles. The fraction of sp³-hybridized carbons (Fsp3) is 0.750. The number of ether oxygens (including phenoxy) is 1. The minimum absolute atomic E-state index is 0.0898. The van der Waals surface area contributed by atoms with E-state index in [1.165, 1.54) is 13.8 Å². The molecule has 0 aliphatic carbocycles. The second kappa shape index (κ2) is 7.73. The lowest BCUT2D eigenvalue weighted by Gasteiger charge is -2.21. The molecule has 0 saturated heterocycles. The number of amides is 1. The first-order chi connectivity index (χ1) is 8.65. The maximum atomic E-state index is 11.8. The normalized spacial score (nSPS) is 15.5. The number of hydrogen-bond donors (Lipinski definition) is 3. The topological polar surface area (TPSA) is 113 Å². The Labute approximate surface area is 111 Å². The van der Waals surface area contributed by atoms with E-state index in [1.807, 2.05) is 13.8 Å². The van der Waals surface area contributed by atoms with E-state index in [4.69, 9.17) is 14.9 Å². The summed E-state index contributed by atoms with van der Waals surface area (Å²) < 4.78 is 4.72. The summed E-state index contributed by atoms with van der Waals surface area (Å²) in [5.74, 6) is -2.70. The third-order valence-electron chi connectivity index (χ3n) is 2.33. The summed E-state index contributed by atoms with van der Waals surface area (Å²) in [5.41, 5.74) is 0. The van der Waals surface area contributed by atoms with E-state index in [0.717, 1.165) is 0 Å². The minimum atomic E-state index is -1.29. The van der Waals surface area contributed by atoms with Crippen LogP contribution in [0.15, 0.2) is 0 Å². The SMILES string of the molecule is CC(C)C[C@H](NC(=O)C(C)O)C(=O)OC(C)C(=O)O.